The number of carbonyl (C=O) groups is 1. The number of benzene rings is 2. The van der Waals surface area contributed by atoms with Crippen molar-refractivity contribution in [3.8, 4) is 0 Å². The van der Waals surface area contributed by atoms with Crippen molar-refractivity contribution in [2.24, 2.45) is 5.92 Å². The van der Waals surface area contributed by atoms with Gasteiger partial charge in [-0.25, -0.2) is 0 Å². The fourth-order valence-electron chi connectivity index (χ4n) is 4.08. The highest BCUT2D eigenvalue weighted by Gasteiger charge is 2.34. The molecule has 28 heavy (non-hydrogen) atoms. The Morgan fingerprint density at radius 1 is 1.21 bits per heavy atom. The van der Waals surface area contributed by atoms with Gasteiger partial charge in [-0.1, -0.05) is 60.1 Å². The van der Waals surface area contributed by atoms with Crippen LogP contribution in [0.2, 0.25) is 0 Å². The van der Waals surface area contributed by atoms with Crippen LogP contribution in [0.15, 0.2) is 59.1 Å². The Morgan fingerprint density at radius 2 is 1.89 bits per heavy atom. The minimum Gasteiger partial charge on any atom is -0.387 e. The fraction of sp³-hybridized carbons (Fsp3) is 0.435. The Labute approximate surface area is 176 Å². The van der Waals surface area contributed by atoms with E-state index in [1.807, 2.05) is 66.4 Å². The first-order valence-corrected chi connectivity index (χ1v) is 10.8. The third-order valence-electron chi connectivity index (χ3n) is 5.57. The molecule has 0 aromatic heterocycles. The Morgan fingerprint density at radius 3 is 2.50 bits per heavy atom. The van der Waals surface area contributed by atoms with E-state index in [-0.39, 0.29) is 11.9 Å². The van der Waals surface area contributed by atoms with Crippen molar-refractivity contribution in [1.82, 2.24) is 4.90 Å². The molecule has 1 aliphatic rings. The molecule has 3 unspecified atom stereocenters. The van der Waals surface area contributed by atoms with Crippen molar-refractivity contribution in [3.63, 3.8) is 0 Å². The Kier molecular flexibility index (Phi) is 7.27. The largest absolute Gasteiger partial charge is 0.387 e. The van der Waals surface area contributed by atoms with Gasteiger partial charge in [0.2, 0.25) is 5.91 Å². The molecule has 2 aromatic rings. The van der Waals surface area contributed by atoms with E-state index < -0.39 is 6.10 Å². The molecule has 0 saturated carbocycles. The van der Waals surface area contributed by atoms with Crippen LogP contribution >= 0.6 is 15.9 Å². The molecular formula is C23H29BrN2O2. The molecule has 0 radical (unpaired) electrons. The molecule has 0 bridgehead atoms. The second-order valence-electron chi connectivity index (χ2n) is 7.61. The summed E-state index contributed by atoms with van der Waals surface area (Å²) in [5.74, 6) is 0.507. The van der Waals surface area contributed by atoms with E-state index in [0.29, 0.717) is 18.9 Å². The third kappa shape index (κ3) is 5.02. The van der Waals surface area contributed by atoms with Gasteiger partial charge in [0, 0.05) is 42.3 Å². The van der Waals surface area contributed by atoms with E-state index in [0.717, 1.165) is 35.2 Å². The predicted octanol–water partition coefficient (Wildman–Crippen LogP) is 4.64. The lowest BCUT2D eigenvalue weighted by Gasteiger charge is -2.43. The van der Waals surface area contributed by atoms with Crippen molar-refractivity contribution >= 4 is 27.5 Å². The zero-order valence-corrected chi connectivity index (χ0v) is 18.2. The summed E-state index contributed by atoms with van der Waals surface area (Å²) >= 11 is 3.43. The lowest BCUT2D eigenvalue weighted by atomic mass is 9.91. The molecule has 1 heterocycles. The van der Waals surface area contributed by atoms with Gasteiger partial charge in [-0.05, 0) is 42.2 Å². The summed E-state index contributed by atoms with van der Waals surface area (Å²) in [7, 11) is 0. The van der Waals surface area contributed by atoms with Gasteiger partial charge in [-0.15, -0.1) is 0 Å². The number of aliphatic hydroxyl groups is 1. The maximum absolute atomic E-state index is 12.7. The number of hydrogen-bond acceptors (Lipinski definition) is 3. The Balaban J connectivity index is 1.66. The van der Waals surface area contributed by atoms with E-state index in [1.54, 1.807) is 0 Å². The number of para-hydroxylation sites is 1. The third-order valence-corrected chi connectivity index (χ3v) is 6.10. The molecule has 150 valence electrons. The smallest absolute Gasteiger partial charge is 0.226 e. The number of aliphatic hydroxyl groups excluding tert-OH is 1. The summed E-state index contributed by atoms with van der Waals surface area (Å²) in [4.78, 5) is 17.0. The van der Waals surface area contributed by atoms with E-state index in [1.165, 1.54) is 0 Å². The van der Waals surface area contributed by atoms with E-state index >= 15 is 0 Å². The van der Waals surface area contributed by atoms with Crippen molar-refractivity contribution in [2.75, 3.05) is 24.5 Å². The van der Waals surface area contributed by atoms with Crippen molar-refractivity contribution < 1.29 is 9.90 Å². The lowest BCUT2D eigenvalue weighted by molar-refractivity contribution is -0.119. The maximum Gasteiger partial charge on any atom is 0.226 e. The maximum atomic E-state index is 12.7. The first kappa shape index (κ1) is 21.0. The van der Waals surface area contributed by atoms with E-state index in [9.17, 15) is 9.90 Å². The molecule has 1 fully saturated rings. The number of anilines is 1. The molecule has 3 rings (SSSR count). The summed E-state index contributed by atoms with van der Waals surface area (Å²) in [6.07, 6.45) is 0.915. The second-order valence-corrected chi connectivity index (χ2v) is 8.53. The number of likely N-dealkylation sites (tertiary alicyclic amines) is 1. The topological polar surface area (TPSA) is 43.8 Å². The summed E-state index contributed by atoms with van der Waals surface area (Å²) in [6.45, 7) is 6.50. The van der Waals surface area contributed by atoms with E-state index in [2.05, 4.69) is 27.8 Å². The van der Waals surface area contributed by atoms with Gasteiger partial charge < -0.3 is 10.0 Å². The van der Waals surface area contributed by atoms with Gasteiger partial charge in [0.15, 0.2) is 0 Å². The molecule has 0 spiro atoms. The summed E-state index contributed by atoms with van der Waals surface area (Å²) < 4.78 is 1.01. The predicted molar refractivity (Wildman–Crippen MR) is 117 cm³/mol. The number of halogens is 1. The standard InChI is InChI=1S/C23H29BrN2O2/c1-3-23(28)26(20-7-5-4-6-8-20)21-13-14-25(15-17(21)2)16-22(27)18-9-11-19(24)12-10-18/h4-12,17,21-22,27H,3,13-16H2,1-2H3. The summed E-state index contributed by atoms with van der Waals surface area (Å²) in [5.41, 5.74) is 1.92. The minimum absolute atomic E-state index is 0.173. The highest BCUT2D eigenvalue weighted by Crippen LogP contribution is 2.29. The average molecular weight is 445 g/mol. The van der Waals surface area contributed by atoms with Crippen molar-refractivity contribution in [1.29, 1.82) is 0 Å². The monoisotopic (exact) mass is 444 g/mol. The quantitative estimate of drug-likeness (QED) is 0.705. The lowest BCUT2D eigenvalue weighted by Crippen LogP contribution is -2.52. The highest BCUT2D eigenvalue weighted by atomic mass is 79.9. The van der Waals surface area contributed by atoms with Gasteiger partial charge >= 0.3 is 0 Å². The average Bonchev–Trinajstić information content (AvgIpc) is 2.71. The van der Waals surface area contributed by atoms with Gasteiger partial charge in [-0.3, -0.25) is 9.69 Å². The molecular weight excluding hydrogens is 416 g/mol. The number of hydrogen-bond donors (Lipinski definition) is 1. The molecule has 0 aliphatic carbocycles. The first-order chi connectivity index (χ1) is 13.5. The van der Waals surface area contributed by atoms with Crippen LogP contribution in [-0.4, -0.2) is 41.6 Å². The Bertz CT molecular complexity index is 766. The van der Waals surface area contributed by atoms with Gasteiger partial charge in [0.1, 0.15) is 0 Å². The molecule has 4 nitrogen and oxygen atoms in total. The van der Waals surface area contributed by atoms with Crippen LogP contribution in [0.3, 0.4) is 0 Å². The van der Waals surface area contributed by atoms with Gasteiger partial charge in [-0.2, -0.15) is 0 Å². The number of carbonyl (C=O) groups excluding carboxylic acids is 1. The van der Waals surface area contributed by atoms with Crippen LogP contribution < -0.4 is 4.90 Å². The van der Waals surface area contributed by atoms with Crippen LogP contribution in [0.5, 0.6) is 0 Å². The Hall–Kier alpha value is -1.69. The fourth-order valence-corrected chi connectivity index (χ4v) is 4.35. The summed E-state index contributed by atoms with van der Waals surface area (Å²) in [6, 6.07) is 18.0. The van der Waals surface area contributed by atoms with Crippen LogP contribution in [0.1, 0.15) is 38.4 Å². The molecule has 1 amide bonds. The zero-order valence-electron chi connectivity index (χ0n) is 16.6. The van der Waals surface area contributed by atoms with E-state index in [4.69, 9.17) is 0 Å². The molecule has 2 aromatic carbocycles. The molecule has 1 saturated heterocycles. The summed E-state index contributed by atoms with van der Waals surface area (Å²) in [5, 5.41) is 10.6. The van der Waals surface area contributed by atoms with Gasteiger partial charge in [0.25, 0.3) is 0 Å². The van der Waals surface area contributed by atoms with Crippen molar-refractivity contribution in [2.45, 2.75) is 38.8 Å². The second kappa shape index (κ2) is 9.68. The van der Waals surface area contributed by atoms with Crippen LogP contribution in [-0.2, 0) is 4.79 Å². The highest BCUT2D eigenvalue weighted by molar-refractivity contribution is 9.10. The first-order valence-electron chi connectivity index (χ1n) is 10.0. The molecule has 5 heteroatoms. The van der Waals surface area contributed by atoms with Crippen molar-refractivity contribution in [3.05, 3.63) is 64.6 Å². The molecule has 1 N–H and O–H groups in total. The number of nitrogens with zero attached hydrogens (tertiary/aromatic N) is 2. The van der Waals surface area contributed by atoms with Gasteiger partial charge in [0.05, 0.1) is 6.10 Å². The number of rotatable bonds is 6. The van der Waals surface area contributed by atoms with Crippen LogP contribution in [0.4, 0.5) is 5.69 Å². The van der Waals surface area contributed by atoms with Crippen LogP contribution in [0, 0.1) is 5.92 Å². The normalized spacial score (nSPS) is 21.3. The minimum atomic E-state index is -0.501. The zero-order chi connectivity index (χ0) is 20.1. The number of piperidine rings is 1. The molecule has 1 aliphatic heterocycles. The molecule has 3 atom stereocenters. The number of amides is 1. The number of β-amino-alcohol motifs (C(OH)–C–C–N with tert-alkyl or cyclic N) is 1. The SMILES string of the molecule is CCC(=O)N(c1ccccc1)C1CCN(CC(O)c2ccc(Br)cc2)CC1C. The van der Waals surface area contributed by atoms with Crippen LogP contribution in [0.25, 0.3) is 0 Å².